The first-order valence-electron chi connectivity index (χ1n) is 12.4. The number of carbonyl (C=O) groups is 2. The van der Waals surface area contributed by atoms with E-state index in [1.54, 1.807) is 0 Å². The Kier molecular flexibility index (Phi) is 5.62. The Hall–Kier alpha value is -0.920. The summed E-state index contributed by atoms with van der Waals surface area (Å²) in [6.45, 7) is 11.7. The monoisotopic (exact) mass is 398 g/mol. The van der Waals surface area contributed by atoms with Crippen molar-refractivity contribution in [1.29, 1.82) is 0 Å². The summed E-state index contributed by atoms with van der Waals surface area (Å²) < 4.78 is 0. The average molecular weight is 399 g/mol. The van der Waals surface area contributed by atoms with Gasteiger partial charge in [0.05, 0.1) is 0 Å². The molecule has 0 spiro atoms. The van der Waals surface area contributed by atoms with E-state index in [1.807, 2.05) is 0 Å². The van der Waals surface area contributed by atoms with Gasteiger partial charge in [0.15, 0.2) is 0 Å². The molecule has 162 valence electrons. The van der Waals surface area contributed by atoms with Crippen molar-refractivity contribution in [3.05, 3.63) is 11.6 Å². The molecular formula is C27H42O2. The van der Waals surface area contributed by atoms with Crippen LogP contribution in [0.3, 0.4) is 0 Å². The zero-order valence-electron chi connectivity index (χ0n) is 19.4. The van der Waals surface area contributed by atoms with Crippen LogP contribution >= 0.6 is 0 Å². The standard InChI is InChI=1S/C27H42O2/c1-17(2)6-11-25(29)18(3)22-9-10-23-21-8-7-19-16-20(28)12-14-26(19,4)24(21)13-15-27(22,23)5/h7,17-18,21-24H,6,8-16H2,1-5H3/t18?,21-,22+,23-,24-,26-,27+/m0/s1. The first-order chi connectivity index (χ1) is 13.7. The van der Waals surface area contributed by atoms with Crippen LogP contribution in [0.15, 0.2) is 11.6 Å². The highest BCUT2D eigenvalue weighted by molar-refractivity contribution is 5.82. The van der Waals surface area contributed by atoms with Gasteiger partial charge in [-0.3, -0.25) is 9.59 Å². The molecule has 3 fully saturated rings. The van der Waals surface area contributed by atoms with E-state index in [0.29, 0.717) is 35.2 Å². The molecule has 2 heteroatoms. The summed E-state index contributed by atoms with van der Waals surface area (Å²) >= 11 is 0. The van der Waals surface area contributed by atoms with Crippen molar-refractivity contribution in [2.75, 3.05) is 0 Å². The minimum Gasteiger partial charge on any atom is -0.299 e. The quantitative estimate of drug-likeness (QED) is 0.479. The van der Waals surface area contributed by atoms with Crippen molar-refractivity contribution in [1.82, 2.24) is 0 Å². The molecule has 0 saturated heterocycles. The van der Waals surface area contributed by atoms with Crippen molar-refractivity contribution in [3.63, 3.8) is 0 Å². The van der Waals surface area contributed by atoms with E-state index in [9.17, 15) is 9.59 Å². The molecule has 0 bridgehead atoms. The lowest BCUT2D eigenvalue weighted by molar-refractivity contribution is -0.127. The van der Waals surface area contributed by atoms with Crippen molar-refractivity contribution in [2.45, 2.75) is 98.8 Å². The lowest BCUT2D eigenvalue weighted by atomic mass is 9.47. The molecule has 4 rings (SSSR count). The summed E-state index contributed by atoms with van der Waals surface area (Å²) in [5.74, 6) is 4.63. The van der Waals surface area contributed by atoms with E-state index in [4.69, 9.17) is 0 Å². The predicted molar refractivity (Wildman–Crippen MR) is 118 cm³/mol. The van der Waals surface area contributed by atoms with E-state index >= 15 is 0 Å². The van der Waals surface area contributed by atoms with Crippen LogP contribution < -0.4 is 0 Å². The summed E-state index contributed by atoms with van der Waals surface area (Å²) in [5, 5.41) is 0. The average Bonchev–Trinajstić information content (AvgIpc) is 3.03. The Bertz CT molecular complexity index is 703. The zero-order chi connectivity index (χ0) is 21.0. The van der Waals surface area contributed by atoms with Crippen LogP contribution in [-0.2, 0) is 9.59 Å². The number of carbonyl (C=O) groups excluding carboxylic acids is 2. The molecule has 4 aliphatic carbocycles. The van der Waals surface area contributed by atoms with Crippen molar-refractivity contribution >= 4 is 11.6 Å². The second-order valence-electron chi connectivity index (χ2n) is 11.9. The maximum absolute atomic E-state index is 13.0. The maximum atomic E-state index is 13.0. The van der Waals surface area contributed by atoms with Gasteiger partial charge < -0.3 is 0 Å². The topological polar surface area (TPSA) is 34.1 Å². The number of hydrogen-bond acceptors (Lipinski definition) is 2. The molecule has 0 aliphatic heterocycles. The molecule has 0 amide bonds. The van der Waals surface area contributed by atoms with Gasteiger partial charge in [-0.15, -0.1) is 0 Å². The molecular weight excluding hydrogens is 356 g/mol. The van der Waals surface area contributed by atoms with Gasteiger partial charge in [0.25, 0.3) is 0 Å². The highest BCUT2D eigenvalue weighted by Crippen LogP contribution is 2.67. The van der Waals surface area contributed by atoms with E-state index < -0.39 is 0 Å². The van der Waals surface area contributed by atoms with Gasteiger partial charge in [-0.2, -0.15) is 0 Å². The van der Waals surface area contributed by atoms with Crippen LogP contribution in [0.2, 0.25) is 0 Å². The third kappa shape index (κ3) is 3.47. The minimum absolute atomic E-state index is 0.220. The van der Waals surface area contributed by atoms with Crippen LogP contribution in [0, 0.1) is 46.3 Å². The normalized spacial score (nSPS) is 42.7. The molecule has 0 heterocycles. The summed E-state index contributed by atoms with van der Waals surface area (Å²) in [5.41, 5.74) is 2.06. The lowest BCUT2D eigenvalue weighted by Crippen LogP contribution is -2.50. The zero-order valence-corrected chi connectivity index (χ0v) is 19.4. The highest BCUT2D eigenvalue weighted by atomic mass is 16.1. The van der Waals surface area contributed by atoms with Crippen molar-refractivity contribution in [2.24, 2.45) is 46.3 Å². The number of Topliss-reactive ketones (excluding diaryl/α,β-unsaturated/α-hetero) is 2. The molecule has 2 nitrogen and oxygen atoms in total. The maximum Gasteiger partial charge on any atom is 0.136 e. The molecule has 0 radical (unpaired) electrons. The summed E-state index contributed by atoms with van der Waals surface area (Å²) in [7, 11) is 0. The number of allylic oxidation sites excluding steroid dienone is 2. The van der Waals surface area contributed by atoms with Gasteiger partial charge in [0, 0.05) is 25.2 Å². The van der Waals surface area contributed by atoms with E-state index in [-0.39, 0.29) is 11.3 Å². The number of ketones is 2. The van der Waals surface area contributed by atoms with Gasteiger partial charge in [0.2, 0.25) is 0 Å². The molecule has 0 N–H and O–H groups in total. The summed E-state index contributed by atoms with van der Waals surface area (Å²) in [6.07, 6.45) is 13.1. The van der Waals surface area contributed by atoms with Gasteiger partial charge in [-0.05, 0) is 85.4 Å². The third-order valence-corrected chi connectivity index (χ3v) is 10.1. The smallest absolute Gasteiger partial charge is 0.136 e. The van der Waals surface area contributed by atoms with Crippen LogP contribution in [-0.4, -0.2) is 11.6 Å². The van der Waals surface area contributed by atoms with Gasteiger partial charge in [-0.25, -0.2) is 0 Å². The number of fused-ring (bicyclic) bond motifs is 5. The Morgan fingerprint density at radius 1 is 1.10 bits per heavy atom. The fraction of sp³-hybridized carbons (Fsp3) is 0.852. The van der Waals surface area contributed by atoms with E-state index in [0.717, 1.165) is 43.4 Å². The fourth-order valence-electron chi connectivity index (χ4n) is 8.22. The molecule has 0 aromatic rings. The highest BCUT2D eigenvalue weighted by Gasteiger charge is 2.59. The lowest BCUT2D eigenvalue weighted by Gasteiger charge is -2.57. The molecule has 7 atom stereocenters. The van der Waals surface area contributed by atoms with Crippen molar-refractivity contribution < 1.29 is 9.59 Å². The van der Waals surface area contributed by atoms with Gasteiger partial charge in [-0.1, -0.05) is 46.3 Å². The SMILES string of the molecule is CC(C)CCC(=O)C(C)[C@H]1CC[C@H]2[C@@H]3CC=C4CC(=O)CC[C@]4(C)[C@H]3CC[C@]12C. The van der Waals surface area contributed by atoms with Gasteiger partial charge in [0.1, 0.15) is 11.6 Å². The Morgan fingerprint density at radius 3 is 2.59 bits per heavy atom. The van der Waals surface area contributed by atoms with Crippen molar-refractivity contribution in [3.8, 4) is 0 Å². The second kappa shape index (κ2) is 7.65. The minimum atomic E-state index is 0.220. The largest absolute Gasteiger partial charge is 0.299 e. The second-order valence-corrected chi connectivity index (χ2v) is 11.9. The van der Waals surface area contributed by atoms with Crippen LogP contribution in [0.25, 0.3) is 0 Å². The Labute approximate surface area is 178 Å². The van der Waals surface area contributed by atoms with Crippen LogP contribution in [0.5, 0.6) is 0 Å². The number of rotatable bonds is 5. The molecule has 3 saturated carbocycles. The van der Waals surface area contributed by atoms with Gasteiger partial charge >= 0.3 is 0 Å². The summed E-state index contributed by atoms with van der Waals surface area (Å²) in [4.78, 5) is 25.0. The van der Waals surface area contributed by atoms with E-state index in [2.05, 4.69) is 40.7 Å². The molecule has 1 unspecified atom stereocenters. The third-order valence-electron chi connectivity index (χ3n) is 10.1. The molecule has 0 aromatic heterocycles. The predicted octanol–water partition coefficient (Wildman–Crippen LogP) is 6.78. The fourth-order valence-corrected chi connectivity index (χ4v) is 8.22. The Morgan fingerprint density at radius 2 is 1.86 bits per heavy atom. The van der Waals surface area contributed by atoms with Crippen LogP contribution in [0.4, 0.5) is 0 Å². The molecule has 4 aliphatic rings. The number of hydrogen-bond donors (Lipinski definition) is 0. The first-order valence-corrected chi connectivity index (χ1v) is 12.4. The first kappa shape index (κ1) is 21.3. The molecule has 29 heavy (non-hydrogen) atoms. The molecule has 0 aromatic carbocycles. The summed E-state index contributed by atoms with van der Waals surface area (Å²) in [6, 6.07) is 0. The van der Waals surface area contributed by atoms with E-state index in [1.165, 1.54) is 37.7 Å². The Balaban J connectivity index is 1.53. The van der Waals surface area contributed by atoms with Crippen LogP contribution in [0.1, 0.15) is 98.8 Å².